The SMILES string of the molecule is COC(=O)[C@H](Cc1cccc(C(F)(F)F)c1)N(Cc1ccccc1)Cc1ccccc1. The van der Waals surface area contributed by atoms with E-state index in [2.05, 4.69) is 0 Å². The number of benzene rings is 3. The van der Waals surface area contributed by atoms with Gasteiger partial charge in [0, 0.05) is 13.1 Å². The maximum absolute atomic E-state index is 13.2. The van der Waals surface area contributed by atoms with E-state index in [0.29, 0.717) is 18.7 Å². The Balaban J connectivity index is 1.93. The lowest BCUT2D eigenvalue weighted by Gasteiger charge is -2.30. The minimum absolute atomic E-state index is 0.107. The lowest BCUT2D eigenvalue weighted by atomic mass is 10.0. The van der Waals surface area contributed by atoms with Gasteiger partial charge >= 0.3 is 12.1 Å². The van der Waals surface area contributed by atoms with Crippen molar-refractivity contribution in [3.8, 4) is 0 Å². The third-order valence-corrected chi connectivity index (χ3v) is 5.05. The van der Waals surface area contributed by atoms with Gasteiger partial charge in [0.25, 0.3) is 0 Å². The van der Waals surface area contributed by atoms with E-state index in [1.54, 1.807) is 6.07 Å². The first-order chi connectivity index (χ1) is 14.9. The molecular formula is C25H24F3NO2. The largest absolute Gasteiger partial charge is 0.468 e. The summed E-state index contributed by atoms with van der Waals surface area (Å²) >= 11 is 0. The Bertz CT molecular complexity index is 933. The fraction of sp³-hybridized carbons (Fsp3) is 0.240. The molecule has 0 aliphatic heterocycles. The summed E-state index contributed by atoms with van der Waals surface area (Å²) in [5, 5.41) is 0. The topological polar surface area (TPSA) is 29.5 Å². The average Bonchev–Trinajstić information content (AvgIpc) is 2.77. The number of methoxy groups -OCH3 is 1. The van der Waals surface area contributed by atoms with Crippen molar-refractivity contribution in [3.05, 3.63) is 107 Å². The molecule has 3 rings (SSSR count). The van der Waals surface area contributed by atoms with Crippen LogP contribution in [0.4, 0.5) is 13.2 Å². The molecule has 3 aromatic rings. The molecule has 0 saturated carbocycles. The first-order valence-electron chi connectivity index (χ1n) is 9.92. The quantitative estimate of drug-likeness (QED) is 0.445. The molecule has 31 heavy (non-hydrogen) atoms. The third-order valence-electron chi connectivity index (χ3n) is 5.05. The molecule has 0 amide bonds. The predicted octanol–water partition coefficient (Wildman–Crippen LogP) is 5.49. The van der Waals surface area contributed by atoms with Crippen LogP contribution in [0, 0.1) is 0 Å². The second-order valence-corrected chi connectivity index (χ2v) is 7.32. The minimum Gasteiger partial charge on any atom is -0.468 e. The Labute approximate surface area is 180 Å². The zero-order chi connectivity index (χ0) is 22.3. The maximum atomic E-state index is 13.2. The van der Waals surface area contributed by atoms with Crippen molar-refractivity contribution in [2.75, 3.05) is 7.11 Å². The van der Waals surface area contributed by atoms with E-state index in [4.69, 9.17) is 4.74 Å². The van der Waals surface area contributed by atoms with E-state index < -0.39 is 23.8 Å². The lowest BCUT2D eigenvalue weighted by molar-refractivity contribution is -0.147. The predicted molar refractivity (Wildman–Crippen MR) is 113 cm³/mol. The highest BCUT2D eigenvalue weighted by molar-refractivity contribution is 5.76. The van der Waals surface area contributed by atoms with E-state index in [1.807, 2.05) is 65.6 Å². The van der Waals surface area contributed by atoms with Gasteiger partial charge in [0.15, 0.2) is 0 Å². The van der Waals surface area contributed by atoms with Crippen molar-refractivity contribution in [2.45, 2.75) is 31.7 Å². The number of nitrogens with zero attached hydrogens (tertiary/aromatic N) is 1. The summed E-state index contributed by atoms with van der Waals surface area (Å²) in [5.41, 5.74) is 1.69. The number of ether oxygens (including phenoxy) is 1. The Hall–Kier alpha value is -3.12. The molecule has 0 saturated heterocycles. The number of halogens is 3. The van der Waals surface area contributed by atoms with Crippen LogP contribution in [0.5, 0.6) is 0 Å². The molecule has 0 radical (unpaired) electrons. The number of hydrogen-bond donors (Lipinski definition) is 0. The van der Waals surface area contributed by atoms with Gasteiger partial charge in [-0.05, 0) is 29.2 Å². The van der Waals surface area contributed by atoms with E-state index in [-0.39, 0.29) is 6.42 Å². The van der Waals surface area contributed by atoms with E-state index in [9.17, 15) is 18.0 Å². The summed E-state index contributed by atoms with van der Waals surface area (Å²) in [6.07, 6.45) is -4.33. The average molecular weight is 427 g/mol. The van der Waals surface area contributed by atoms with Crippen LogP contribution in [-0.2, 0) is 35.2 Å². The van der Waals surface area contributed by atoms with E-state index in [1.165, 1.54) is 13.2 Å². The van der Waals surface area contributed by atoms with Crippen LogP contribution < -0.4 is 0 Å². The Morgan fingerprint density at radius 2 is 1.35 bits per heavy atom. The second-order valence-electron chi connectivity index (χ2n) is 7.32. The first-order valence-corrected chi connectivity index (χ1v) is 9.92. The molecule has 0 N–H and O–H groups in total. The van der Waals surface area contributed by atoms with Gasteiger partial charge in [0.2, 0.25) is 0 Å². The minimum atomic E-state index is -4.44. The van der Waals surface area contributed by atoms with Crippen molar-refractivity contribution in [1.82, 2.24) is 4.90 Å². The molecule has 162 valence electrons. The van der Waals surface area contributed by atoms with Crippen LogP contribution >= 0.6 is 0 Å². The molecule has 0 aromatic heterocycles. The molecule has 0 aliphatic rings. The van der Waals surface area contributed by atoms with Gasteiger partial charge in [0.1, 0.15) is 6.04 Å². The normalized spacial score (nSPS) is 12.5. The molecular weight excluding hydrogens is 403 g/mol. The van der Waals surface area contributed by atoms with Crippen molar-refractivity contribution in [3.63, 3.8) is 0 Å². The first kappa shape index (κ1) is 22.6. The van der Waals surface area contributed by atoms with Gasteiger partial charge in [-0.25, -0.2) is 0 Å². The highest BCUT2D eigenvalue weighted by atomic mass is 19.4. The molecule has 0 unspecified atom stereocenters. The second kappa shape index (κ2) is 10.3. The maximum Gasteiger partial charge on any atom is 0.416 e. The fourth-order valence-corrected chi connectivity index (χ4v) is 3.51. The van der Waals surface area contributed by atoms with Gasteiger partial charge in [-0.2, -0.15) is 13.2 Å². The van der Waals surface area contributed by atoms with Gasteiger partial charge in [-0.3, -0.25) is 9.69 Å². The monoisotopic (exact) mass is 427 g/mol. The molecule has 0 bridgehead atoms. The van der Waals surface area contributed by atoms with Gasteiger partial charge in [-0.1, -0.05) is 78.9 Å². The zero-order valence-corrected chi connectivity index (χ0v) is 17.2. The third kappa shape index (κ3) is 6.43. The molecule has 6 heteroatoms. The van der Waals surface area contributed by atoms with Crippen LogP contribution in [0.2, 0.25) is 0 Å². The molecule has 3 aromatic carbocycles. The standard InChI is InChI=1S/C25H24F3NO2/c1-31-24(30)23(16-21-13-8-14-22(15-21)25(26,27)28)29(17-19-9-4-2-5-10-19)18-20-11-6-3-7-12-20/h2-15,23H,16-18H2,1H3/t23-/m0/s1. The molecule has 0 heterocycles. The number of carbonyl (C=O) groups excluding carboxylic acids is 1. The highest BCUT2D eigenvalue weighted by Gasteiger charge is 2.32. The summed E-state index contributed by atoms with van der Waals surface area (Å²) < 4.78 is 44.5. The number of esters is 1. The zero-order valence-electron chi connectivity index (χ0n) is 17.2. The summed E-state index contributed by atoms with van der Waals surface area (Å²) in [5.74, 6) is -0.482. The van der Waals surface area contributed by atoms with Crippen LogP contribution in [0.25, 0.3) is 0 Å². The van der Waals surface area contributed by atoms with Crippen molar-refractivity contribution >= 4 is 5.97 Å². The summed E-state index contributed by atoms with van der Waals surface area (Å²) in [6, 6.07) is 23.6. The van der Waals surface area contributed by atoms with E-state index >= 15 is 0 Å². The number of hydrogen-bond acceptors (Lipinski definition) is 3. The van der Waals surface area contributed by atoms with Gasteiger partial charge in [0.05, 0.1) is 12.7 Å². The Kier molecular flexibility index (Phi) is 7.47. The summed E-state index contributed by atoms with van der Waals surface area (Å²) in [4.78, 5) is 14.7. The summed E-state index contributed by atoms with van der Waals surface area (Å²) in [7, 11) is 1.30. The van der Waals surface area contributed by atoms with Gasteiger partial charge < -0.3 is 4.74 Å². The smallest absolute Gasteiger partial charge is 0.416 e. The van der Waals surface area contributed by atoms with Crippen LogP contribution in [0.1, 0.15) is 22.3 Å². The Morgan fingerprint density at radius 3 is 1.84 bits per heavy atom. The molecule has 0 aliphatic carbocycles. The lowest BCUT2D eigenvalue weighted by Crippen LogP contribution is -2.42. The fourth-order valence-electron chi connectivity index (χ4n) is 3.51. The van der Waals surface area contributed by atoms with Crippen LogP contribution in [-0.4, -0.2) is 24.0 Å². The highest BCUT2D eigenvalue weighted by Crippen LogP contribution is 2.30. The molecule has 3 nitrogen and oxygen atoms in total. The van der Waals surface area contributed by atoms with Crippen molar-refractivity contribution < 1.29 is 22.7 Å². The van der Waals surface area contributed by atoms with Crippen LogP contribution in [0.15, 0.2) is 84.9 Å². The number of carbonyl (C=O) groups is 1. The molecule has 0 fully saturated rings. The van der Waals surface area contributed by atoms with Crippen LogP contribution in [0.3, 0.4) is 0 Å². The number of alkyl halides is 3. The molecule has 1 atom stereocenters. The van der Waals surface area contributed by atoms with E-state index in [0.717, 1.165) is 23.3 Å². The van der Waals surface area contributed by atoms with Gasteiger partial charge in [-0.15, -0.1) is 0 Å². The van der Waals surface area contributed by atoms with Crippen molar-refractivity contribution in [2.24, 2.45) is 0 Å². The Morgan fingerprint density at radius 1 is 0.839 bits per heavy atom. The molecule has 0 spiro atoms. The number of rotatable bonds is 8. The summed E-state index contributed by atoms with van der Waals surface area (Å²) in [6.45, 7) is 0.906. The van der Waals surface area contributed by atoms with Crippen molar-refractivity contribution in [1.29, 1.82) is 0 Å².